The maximum Gasteiger partial charge on any atom is 0.262 e. The third-order valence-electron chi connectivity index (χ3n) is 3.49. The number of amides is 1. The van der Waals surface area contributed by atoms with Crippen molar-refractivity contribution in [3.63, 3.8) is 0 Å². The second kappa shape index (κ2) is 6.06. The molecule has 0 saturated heterocycles. The van der Waals surface area contributed by atoms with E-state index in [4.69, 9.17) is 4.74 Å². The molecule has 1 aromatic carbocycles. The van der Waals surface area contributed by atoms with E-state index in [-0.39, 0.29) is 12.5 Å². The summed E-state index contributed by atoms with van der Waals surface area (Å²) < 4.78 is 5.34. The van der Waals surface area contributed by atoms with Gasteiger partial charge < -0.3 is 15.4 Å². The second-order valence-electron chi connectivity index (χ2n) is 5.31. The van der Waals surface area contributed by atoms with Crippen LogP contribution in [0.25, 0.3) is 0 Å². The highest BCUT2D eigenvalue weighted by molar-refractivity contribution is 5.95. The molecule has 0 bridgehead atoms. The average Bonchev–Trinajstić information content (AvgIpc) is 2.38. The zero-order valence-corrected chi connectivity index (χ0v) is 11.8. The van der Waals surface area contributed by atoms with Gasteiger partial charge in [-0.05, 0) is 30.0 Å². The van der Waals surface area contributed by atoms with Crippen molar-refractivity contribution in [3.05, 3.63) is 23.8 Å². The minimum atomic E-state index is -0.0915. The summed E-state index contributed by atoms with van der Waals surface area (Å²) >= 11 is 0. The Kier molecular flexibility index (Phi) is 4.43. The first kappa shape index (κ1) is 13.9. The predicted octanol–water partition coefficient (Wildman–Crippen LogP) is 2.54. The van der Waals surface area contributed by atoms with Crippen LogP contribution in [-0.4, -0.2) is 18.6 Å². The topological polar surface area (TPSA) is 50.4 Å². The lowest BCUT2D eigenvalue weighted by Crippen LogP contribution is -2.32. The number of anilines is 1. The van der Waals surface area contributed by atoms with E-state index in [0.29, 0.717) is 12.0 Å². The number of benzene rings is 1. The molecule has 1 amide bonds. The van der Waals surface area contributed by atoms with Gasteiger partial charge in [0.25, 0.3) is 5.91 Å². The number of nitrogens with one attached hydrogen (secondary N) is 2. The summed E-state index contributed by atoms with van der Waals surface area (Å²) in [6.45, 7) is 7.55. The lowest BCUT2D eigenvalue weighted by molar-refractivity contribution is -0.118. The Hall–Kier alpha value is -1.55. The molecule has 1 unspecified atom stereocenters. The van der Waals surface area contributed by atoms with Crippen molar-refractivity contribution < 1.29 is 9.53 Å². The van der Waals surface area contributed by atoms with Crippen molar-refractivity contribution >= 4 is 11.6 Å². The zero-order valence-electron chi connectivity index (χ0n) is 11.8. The number of fused-ring (bicyclic) bond motifs is 1. The molecular formula is C15H22N2O2. The molecule has 2 N–H and O–H groups in total. The zero-order chi connectivity index (χ0) is 13.8. The van der Waals surface area contributed by atoms with Crippen LogP contribution in [0.5, 0.6) is 5.75 Å². The van der Waals surface area contributed by atoms with E-state index in [1.54, 1.807) is 0 Å². The maximum absolute atomic E-state index is 11.3. The lowest BCUT2D eigenvalue weighted by atomic mass is 10.0. The smallest absolute Gasteiger partial charge is 0.262 e. The summed E-state index contributed by atoms with van der Waals surface area (Å²) in [7, 11) is 0. The molecule has 1 atom stereocenters. The van der Waals surface area contributed by atoms with E-state index in [9.17, 15) is 4.79 Å². The highest BCUT2D eigenvalue weighted by Gasteiger charge is 2.16. The number of rotatable bonds is 5. The SMILES string of the molecule is CCC(NCc1ccc2c(c1)NC(=O)CO2)C(C)C. The predicted molar refractivity (Wildman–Crippen MR) is 76.3 cm³/mol. The molecule has 19 heavy (non-hydrogen) atoms. The second-order valence-corrected chi connectivity index (χ2v) is 5.31. The van der Waals surface area contributed by atoms with Gasteiger partial charge in [-0.3, -0.25) is 4.79 Å². The van der Waals surface area contributed by atoms with Gasteiger partial charge in [-0.2, -0.15) is 0 Å². The molecule has 1 aliphatic heterocycles. The molecule has 0 fully saturated rings. The third-order valence-corrected chi connectivity index (χ3v) is 3.49. The van der Waals surface area contributed by atoms with Crippen molar-refractivity contribution in [1.29, 1.82) is 0 Å². The molecule has 0 saturated carbocycles. The van der Waals surface area contributed by atoms with Crippen LogP contribution in [0.4, 0.5) is 5.69 Å². The van der Waals surface area contributed by atoms with Crippen molar-refractivity contribution in [2.24, 2.45) is 5.92 Å². The van der Waals surface area contributed by atoms with Crippen molar-refractivity contribution in [3.8, 4) is 5.75 Å². The van der Waals surface area contributed by atoms with Crippen molar-refractivity contribution in [2.75, 3.05) is 11.9 Å². The van der Waals surface area contributed by atoms with Gasteiger partial charge in [-0.25, -0.2) is 0 Å². The molecule has 1 aromatic rings. The van der Waals surface area contributed by atoms with Crippen molar-refractivity contribution in [1.82, 2.24) is 5.32 Å². The molecule has 0 aliphatic carbocycles. The Morgan fingerprint density at radius 1 is 1.42 bits per heavy atom. The summed E-state index contributed by atoms with van der Waals surface area (Å²) in [6, 6.07) is 6.45. The maximum atomic E-state index is 11.3. The van der Waals surface area contributed by atoms with Crippen LogP contribution in [-0.2, 0) is 11.3 Å². The molecule has 4 heteroatoms. The number of carbonyl (C=O) groups excluding carboxylic acids is 1. The van der Waals surface area contributed by atoms with Crippen LogP contribution in [0, 0.1) is 5.92 Å². The summed E-state index contributed by atoms with van der Waals surface area (Å²) in [5.41, 5.74) is 1.93. The van der Waals surface area contributed by atoms with E-state index in [0.717, 1.165) is 30.0 Å². The number of hydrogen-bond acceptors (Lipinski definition) is 3. The molecule has 2 rings (SSSR count). The van der Waals surface area contributed by atoms with Crippen LogP contribution in [0.15, 0.2) is 18.2 Å². The standard InChI is InChI=1S/C15H22N2O2/c1-4-12(10(2)3)16-8-11-5-6-14-13(7-11)17-15(18)9-19-14/h5-7,10,12,16H,4,8-9H2,1-3H3,(H,17,18). The summed E-state index contributed by atoms with van der Waals surface area (Å²) in [5, 5.41) is 6.38. The summed E-state index contributed by atoms with van der Waals surface area (Å²) in [6.07, 6.45) is 1.11. The lowest BCUT2D eigenvalue weighted by Gasteiger charge is -2.22. The van der Waals surface area contributed by atoms with E-state index >= 15 is 0 Å². The van der Waals surface area contributed by atoms with E-state index < -0.39 is 0 Å². The van der Waals surface area contributed by atoms with Gasteiger partial charge in [0.1, 0.15) is 5.75 Å². The molecule has 104 valence electrons. The van der Waals surface area contributed by atoms with E-state index in [1.807, 2.05) is 18.2 Å². The van der Waals surface area contributed by atoms with Crippen LogP contribution in [0.3, 0.4) is 0 Å². The first-order chi connectivity index (χ1) is 9.10. The minimum Gasteiger partial charge on any atom is -0.482 e. The van der Waals surface area contributed by atoms with Gasteiger partial charge in [-0.15, -0.1) is 0 Å². The van der Waals surface area contributed by atoms with Gasteiger partial charge in [0.05, 0.1) is 5.69 Å². The summed E-state index contributed by atoms with van der Waals surface area (Å²) in [4.78, 5) is 11.3. The highest BCUT2D eigenvalue weighted by Crippen LogP contribution is 2.28. The molecule has 1 aliphatic rings. The van der Waals surface area contributed by atoms with Crippen LogP contribution in [0.2, 0.25) is 0 Å². The molecule has 4 nitrogen and oxygen atoms in total. The number of carbonyl (C=O) groups is 1. The molecule has 0 radical (unpaired) electrons. The molecule has 0 spiro atoms. The number of ether oxygens (including phenoxy) is 1. The van der Waals surface area contributed by atoms with E-state index in [2.05, 4.69) is 31.4 Å². The van der Waals surface area contributed by atoms with Gasteiger partial charge in [-0.1, -0.05) is 26.8 Å². The van der Waals surface area contributed by atoms with Gasteiger partial charge in [0.15, 0.2) is 6.61 Å². The van der Waals surface area contributed by atoms with Crippen LogP contribution in [0.1, 0.15) is 32.8 Å². The Morgan fingerprint density at radius 2 is 2.21 bits per heavy atom. The van der Waals surface area contributed by atoms with Crippen LogP contribution >= 0.6 is 0 Å². The van der Waals surface area contributed by atoms with Crippen LogP contribution < -0.4 is 15.4 Å². The molecule has 0 aromatic heterocycles. The average molecular weight is 262 g/mol. The van der Waals surface area contributed by atoms with E-state index in [1.165, 1.54) is 0 Å². The molecular weight excluding hydrogens is 240 g/mol. The van der Waals surface area contributed by atoms with Crippen molar-refractivity contribution in [2.45, 2.75) is 39.8 Å². The largest absolute Gasteiger partial charge is 0.482 e. The first-order valence-corrected chi connectivity index (χ1v) is 6.89. The fourth-order valence-electron chi connectivity index (χ4n) is 2.34. The highest BCUT2D eigenvalue weighted by atomic mass is 16.5. The Bertz CT molecular complexity index is 457. The fourth-order valence-corrected chi connectivity index (χ4v) is 2.34. The van der Waals surface area contributed by atoms with Gasteiger partial charge >= 0.3 is 0 Å². The number of hydrogen-bond donors (Lipinski definition) is 2. The third kappa shape index (κ3) is 3.47. The van der Waals surface area contributed by atoms with Gasteiger partial charge in [0, 0.05) is 12.6 Å². The summed E-state index contributed by atoms with van der Waals surface area (Å²) in [5.74, 6) is 1.27. The first-order valence-electron chi connectivity index (χ1n) is 6.89. The Morgan fingerprint density at radius 3 is 2.89 bits per heavy atom. The molecule has 1 heterocycles. The Balaban J connectivity index is 2.02. The Labute approximate surface area is 114 Å². The normalized spacial score (nSPS) is 15.7. The monoisotopic (exact) mass is 262 g/mol. The minimum absolute atomic E-state index is 0.0915. The fraction of sp³-hybridized carbons (Fsp3) is 0.533. The quantitative estimate of drug-likeness (QED) is 0.857. The van der Waals surface area contributed by atoms with Gasteiger partial charge in [0.2, 0.25) is 0 Å².